The van der Waals surface area contributed by atoms with Gasteiger partial charge in [-0.05, 0) is 26.2 Å². The van der Waals surface area contributed by atoms with Gasteiger partial charge in [0.25, 0.3) is 5.91 Å². The van der Waals surface area contributed by atoms with Crippen LogP contribution in [0.15, 0.2) is 6.20 Å². The number of anilines is 1. The highest BCUT2D eigenvalue weighted by molar-refractivity contribution is 5.91. The van der Waals surface area contributed by atoms with Crippen molar-refractivity contribution in [1.29, 1.82) is 0 Å². The minimum atomic E-state index is -0.518. The van der Waals surface area contributed by atoms with Crippen molar-refractivity contribution in [3.8, 4) is 0 Å². The summed E-state index contributed by atoms with van der Waals surface area (Å²) < 4.78 is 0. The van der Waals surface area contributed by atoms with E-state index in [1.807, 2.05) is 0 Å². The van der Waals surface area contributed by atoms with Crippen molar-refractivity contribution < 1.29 is 4.79 Å². The van der Waals surface area contributed by atoms with Crippen molar-refractivity contribution in [2.24, 2.45) is 5.73 Å². The van der Waals surface area contributed by atoms with Crippen LogP contribution in [0.25, 0.3) is 0 Å². The summed E-state index contributed by atoms with van der Waals surface area (Å²) in [6, 6.07) is 0. The monoisotopic (exact) mass is 220 g/mol. The smallest absolute Gasteiger partial charge is 0.269 e. The average molecular weight is 220 g/mol. The highest BCUT2D eigenvalue weighted by Crippen LogP contribution is 2.17. The van der Waals surface area contributed by atoms with Crippen LogP contribution in [-0.4, -0.2) is 29.0 Å². The Morgan fingerprint density at radius 2 is 2.06 bits per heavy atom. The Bertz CT molecular complexity index is 399. The molecule has 0 aliphatic carbocycles. The van der Waals surface area contributed by atoms with Crippen molar-refractivity contribution >= 4 is 11.7 Å². The van der Waals surface area contributed by atoms with Gasteiger partial charge in [0.1, 0.15) is 11.5 Å². The molecule has 0 saturated carbocycles. The largest absolute Gasteiger partial charge is 0.364 e. The van der Waals surface area contributed by atoms with E-state index in [-0.39, 0.29) is 5.69 Å². The first-order valence-corrected chi connectivity index (χ1v) is 5.57. The van der Waals surface area contributed by atoms with E-state index in [1.165, 1.54) is 19.3 Å². The normalized spacial score (nSPS) is 16.2. The molecule has 0 spiro atoms. The Morgan fingerprint density at radius 1 is 1.38 bits per heavy atom. The van der Waals surface area contributed by atoms with E-state index >= 15 is 0 Å². The molecule has 1 aromatic rings. The van der Waals surface area contributed by atoms with Crippen LogP contribution < -0.4 is 10.6 Å². The zero-order valence-corrected chi connectivity index (χ0v) is 9.44. The van der Waals surface area contributed by atoms with E-state index in [2.05, 4.69) is 14.9 Å². The molecule has 0 aromatic carbocycles. The van der Waals surface area contributed by atoms with Gasteiger partial charge in [0, 0.05) is 13.1 Å². The maximum atomic E-state index is 11.0. The lowest BCUT2D eigenvalue weighted by Gasteiger charge is -2.27. The second-order valence-electron chi connectivity index (χ2n) is 4.07. The fraction of sp³-hybridized carbons (Fsp3) is 0.545. The molecule has 0 unspecified atom stereocenters. The second kappa shape index (κ2) is 4.47. The molecule has 2 N–H and O–H groups in total. The summed E-state index contributed by atoms with van der Waals surface area (Å²) in [4.78, 5) is 21.7. The highest BCUT2D eigenvalue weighted by atomic mass is 16.1. The summed E-state index contributed by atoms with van der Waals surface area (Å²) in [5.74, 6) is 0.331. The molecule has 1 fully saturated rings. The van der Waals surface area contributed by atoms with Gasteiger partial charge in [-0.2, -0.15) is 0 Å². The summed E-state index contributed by atoms with van der Waals surface area (Å²) in [5, 5.41) is 0. The van der Waals surface area contributed by atoms with Crippen LogP contribution >= 0.6 is 0 Å². The molecule has 2 rings (SSSR count). The summed E-state index contributed by atoms with van der Waals surface area (Å²) >= 11 is 0. The molecular formula is C11H16N4O. The summed E-state index contributed by atoms with van der Waals surface area (Å²) in [6.07, 6.45) is 5.30. The lowest BCUT2D eigenvalue weighted by molar-refractivity contribution is 0.0994. The number of carbonyl (C=O) groups is 1. The lowest BCUT2D eigenvalue weighted by Crippen LogP contribution is -2.30. The number of aryl methyl sites for hydroxylation is 1. The number of nitrogens with two attached hydrogens (primary N) is 1. The zero-order chi connectivity index (χ0) is 11.5. The van der Waals surface area contributed by atoms with Gasteiger partial charge >= 0.3 is 0 Å². The molecule has 0 atom stereocenters. The molecule has 5 heteroatoms. The van der Waals surface area contributed by atoms with E-state index in [4.69, 9.17) is 5.73 Å². The van der Waals surface area contributed by atoms with E-state index in [0.29, 0.717) is 5.69 Å². The number of carbonyl (C=O) groups excluding carboxylic acids is 1. The lowest BCUT2D eigenvalue weighted by atomic mass is 10.1. The van der Waals surface area contributed by atoms with Crippen LogP contribution in [0, 0.1) is 6.92 Å². The Kier molecular flexibility index (Phi) is 3.03. The summed E-state index contributed by atoms with van der Waals surface area (Å²) in [6.45, 7) is 3.80. The molecule has 0 bridgehead atoms. The van der Waals surface area contributed by atoms with E-state index in [9.17, 15) is 4.79 Å². The predicted octanol–water partition coefficient (Wildman–Crippen LogP) is 0.874. The molecule has 1 saturated heterocycles. The molecule has 0 radical (unpaired) electrons. The Hall–Kier alpha value is -1.65. The number of rotatable bonds is 2. The van der Waals surface area contributed by atoms with Gasteiger partial charge in [-0.25, -0.2) is 9.97 Å². The zero-order valence-electron chi connectivity index (χ0n) is 9.44. The van der Waals surface area contributed by atoms with Crippen molar-refractivity contribution in [2.45, 2.75) is 26.2 Å². The third-order valence-corrected chi connectivity index (χ3v) is 2.85. The number of primary amides is 1. The van der Waals surface area contributed by atoms with Gasteiger partial charge in [-0.15, -0.1) is 0 Å². The Labute approximate surface area is 94.7 Å². The third kappa shape index (κ3) is 2.13. The fourth-order valence-electron chi connectivity index (χ4n) is 1.99. The maximum absolute atomic E-state index is 11.0. The Morgan fingerprint density at radius 3 is 2.62 bits per heavy atom. The van der Waals surface area contributed by atoms with Crippen molar-refractivity contribution in [2.75, 3.05) is 18.0 Å². The van der Waals surface area contributed by atoms with Crippen molar-refractivity contribution in [3.63, 3.8) is 0 Å². The molecule has 1 aromatic heterocycles. The predicted molar refractivity (Wildman–Crippen MR) is 61.4 cm³/mol. The SMILES string of the molecule is Cc1nc(N2CCCCC2)cnc1C(N)=O. The van der Waals surface area contributed by atoms with Crippen LogP contribution in [-0.2, 0) is 0 Å². The van der Waals surface area contributed by atoms with Crippen LogP contribution in [0.4, 0.5) is 5.82 Å². The highest BCUT2D eigenvalue weighted by Gasteiger charge is 2.15. The number of amides is 1. The van der Waals surface area contributed by atoms with E-state index in [1.54, 1.807) is 13.1 Å². The van der Waals surface area contributed by atoms with Crippen molar-refractivity contribution in [1.82, 2.24) is 9.97 Å². The Balaban J connectivity index is 2.23. The summed E-state index contributed by atoms with van der Waals surface area (Å²) in [7, 11) is 0. The fourth-order valence-corrected chi connectivity index (χ4v) is 1.99. The van der Waals surface area contributed by atoms with Gasteiger partial charge in [-0.3, -0.25) is 4.79 Å². The minimum Gasteiger partial charge on any atom is -0.364 e. The number of piperidine rings is 1. The molecule has 5 nitrogen and oxygen atoms in total. The van der Waals surface area contributed by atoms with Crippen LogP contribution in [0.1, 0.15) is 35.4 Å². The van der Waals surface area contributed by atoms with Gasteiger partial charge in [-0.1, -0.05) is 0 Å². The third-order valence-electron chi connectivity index (χ3n) is 2.85. The first-order chi connectivity index (χ1) is 7.68. The number of aromatic nitrogens is 2. The molecule has 16 heavy (non-hydrogen) atoms. The topological polar surface area (TPSA) is 72.1 Å². The number of hydrogen-bond acceptors (Lipinski definition) is 4. The van der Waals surface area contributed by atoms with Gasteiger partial charge in [0.05, 0.1) is 11.9 Å². The van der Waals surface area contributed by atoms with Crippen LogP contribution in [0.2, 0.25) is 0 Å². The molecule has 1 aliphatic heterocycles. The summed E-state index contributed by atoms with van der Waals surface area (Å²) in [5.41, 5.74) is 6.06. The quantitative estimate of drug-likeness (QED) is 0.802. The average Bonchev–Trinajstić information content (AvgIpc) is 2.29. The van der Waals surface area contributed by atoms with E-state index < -0.39 is 5.91 Å². The number of hydrogen-bond donors (Lipinski definition) is 1. The van der Waals surface area contributed by atoms with Gasteiger partial charge in [0.2, 0.25) is 0 Å². The number of nitrogens with zero attached hydrogens (tertiary/aromatic N) is 3. The van der Waals surface area contributed by atoms with Crippen LogP contribution in [0.3, 0.4) is 0 Å². The standard InChI is InChI=1S/C11H16N4O/c1-8-10(11(12)16)13-7-9(14-8)15-5-3-2-4-6-15/h7H,2-6H2,1H3,(H2,12,16). The molecule has 86 valence electrons. The maximum Gasteiger partial charge on any atom is 0.269 e. The van der Waals surface area contributed by atoms with E-state index in [0.717, 1.165) is 18.9 Å². The molecule has 1 amide bonds. The van der Waals surface area contributed by atoms with Gasteiger partial charge < -0.3 is 10.6 Å². The molecular weight excluding hydrogens is 204 g/mol. The van der Waals surface area contributed by atoms with Crippen LogP contribution in [0.5, 0.6) is 0 Å². The first kappa shape index (κ1) is 10.9. The first-order valence-electron chi connectivity index (χ1n) is 5.57. The van der Waals surface area contributed by atoms with Crippen molar-refractivity contribution in [3.05, 3.63) is 17.6 Å². The van der Waals surface area contributed by atoms with Gasteiger partial charge in [0.15, 0.2) is 0 Å². The second-order valence-corrected chi connectivity index (χ2v) is 4.07. The molecule has 2 heterocycles. The molecule has 1 aliphatic rings. The minimum absolute atomic E-state index is 0.265.